The molecule has 2 atom stereocenters. The summed E-state index contributed by atoms with van der Waals surface area (Å²) in [6, 6.07) is 0.183. The SMILES string of the molecule is CO[C@@H]1C[C@@H](c2n[nH]c(C)n2)N(Cc2cnn(C(C)(C)C)c2)C1. The Morgan fingerprint density at radius 2 is 2.17 bits per heavy atom. The van der Waals surface area contributed by atoms with Crippen molar-refractivity contribution in [3.05, 3.63) is 29.6 Å². The van der Waals surface area contributed by atoms with E-state index in [2.05, 4.69) is 52.1 Å². The van der Waals surface area contributed by atoms with E-state index >= 15 is 0 Å². The summed E-state index contributed by atoms with van der Waals surface area (Å²) in [5.74, 6) is 1.70. The number of methoxy groups -OCH3 is 1. The molecule has 1 aliphatic rings. The molecule has 23 heavy (non-hydrogen) atoms. The van der Waals surface area contributed by atoms with E-state index in [-0.39, 0.29) is 17.7 Å². The molecule has 2 aromatic heterocycles. The van der Waals surface area contributed by atoms with Gasteiger partial charge in [0.05, 0.1) is 23.9 Å². The molecule has 1 N–H and O–H groups in total. The van der Waals surface area contributed by atoms with Gasteiger partial charge in [0.2, 0.25) is 0 Å². The van der Waals surface area contributed by atoms with Crippen LogP contribution in [0.1, 0.15) is 50.4 Å². The number of H-pyrrole nitrogens is 1. The molecule has 2 aromatic rings. The van der Waals surface area contributed by atoms with Gasteiger partial charge in [-0.2, -0.15) is 10.2 Å². The highest BCUT2D eigenvalue weighted by Crippen LogP contribution is 2.32. The fraction of sp³-hybridized carbons (Fsp3) is 0.688. The van der Waals surface area contributed by atoms with Crippen LogP contribution in [0.5, 0.6) is 0 Å². The molecule has 1 aliphatic heterocycles. The summed E-state index contributed by atoms with van der Waals surface area (Å²) in [5, 5.41) is 11.8. The van der Waals surface area contributed by atoms with Crippen LogP contribution in [0, 0.1) is 6.92 Å². The Morgan fingerprint density at radius 1 is 1.39 bits per heavy atom. The van der Waals surface area contributed by atoms with Crippen LogP contribution in [-0.2, 0) is 16.8 Å². The number of ether oxygens (including phenoxy) is 1. The van der Waals surface area contributed by atoms with Crippen molar-refractivity contribution in [3.8, 4) is 0 Å². The van der Waals surface area contributed by atoms with Crippen LogP contribution in [0.2, 0.25) is 0 Å². The molecule has 1 saturated heterocycles. The first-order valence-electron chi connectivity index (χ1n) is 8.06. The highest BCUT2D eigenvalue weighted by atomic mass is 16.5. The molecule has 3 heterocycles. The lowest BCUT2D eigenvalue weighted by Gasteiger charge is -2.21. The minimum absolute atomic E-state index is 0.00140. The summed E-state index contributed by atoms with van der Waals surface area (Å²) in [6.07, 6.45) is 5.21. The van der Waals surface area contributed by atoms with Crippen LogP contribution in [0.4, 0.5) is 0 Å². The molecule has 0 aromatic carbocycles. The van der Waals surface area contributed by atoms with Crippen molar-refractivity contribution < 1.29 is 4.74 Å². The smallest absolute Gasteiger partial charge is 0.167 e. The minimum Gasteiger partial charge on any atom is -0.380 e. The third kappa shape index (κ3) is 3.45. The number of nitrogens with one attached hydrogen (secondary N) is 1. The number of aromatic amines is 1. The number of nitrogens with zero attached hydrogens (tertiary/aromatic N) is 5. The lowest BCUT2D eigenvalue weighted by Crippen LogP contribution is -2.25. The van der Waals surface area contributed by atoms with E-state index in [1.165, 1.54) is 5.56 Å². The van der Waals surface area contributed by atoms with Gasteiger partial charge in [0, 0.05) is 32.0 Å². The molecule has 0 radical (unpaired) electrons. The van der Waals surface area contributed by atoms with Gasteiger partial charge in [0.15, 0.2) is 5.82 Å². The van der Waals surface area contributed by atoms with Crippen molar-refractivity contribution in [1.29, 1.82) is 0 Å². The normalized spacial score (nSPS) is 22.8. The maximum Gasteiger partial charge on any atom is 0.167 e. The van der Waals surface area contributed by atoms with Gasteiger partial charge in [0.1, 0.15) is 5.82 Å². The fourth-order valence-electron chi connectivity index (χ4n) is 3.03. The maximum absolute atomic E-state index is 5.57. The third-order valence-electron chi connectivity index (χ3n) is 4.32. The Labute approximate surface area is 137 Å². The van der Waals surface area contributed by atoms with Gasteiger partial charge in [-0.1, -0.05) is 0 Å². The van der Waals surface area contributed by atoms with Gasteiger partial charge in [-0.05, 0) is 34.1 Å². The van der Waals surface area contributed by atoms with Gasteiger partial charge in [0.25, 0.3) is 0 Å². The Kier molecular flexibility index (Phi) is 4.25. The second-order valence-electron chi connectivity index (χ2n) is 7.28. The molecule has 0 aliphatic carbocycles. The molecule has 0 spiro atoms. The summed E-state index contributed by atoms with van der Waals surface area (Å²) in [4.78, 5) is 6.89. The second-order valence-corrected chi connectivity index (χ2v) is 7.28. The first-order chi connectivity index (χ1) is 10.9. The number of rotatable bonds is 4. The van der Waals surface area contributed by atoms with E-state index in [9.17, 15) is 0 Å². The average molecular weight is 318 g/mol. The van der Waals surface area contributed by atoms with E-state index in [0.29, 0.717) is 0 Å². The van der Waals surface area contributed by atoms with E-state index in [1.807, 2.05) is 17.8 Å². The largest absolute Gasteiger partial charge is 0.380 e. The van der Waals surface area contributed by atoms with Crippen molar-refractivity contribution in [3.63, 3.8) is 0 Å². The molecular weight excluding hydrogens is 292 g/mol. The summed E-state index contributed by atoms with van der Waals surface area (Å²) >= 11 is 0. The van der Waals surface area contributed by atoms with E-state index in [0.717, 1.165) is 31.2 Å². The molecule has 0 unspecified atom stereocenters. The number of aryl methyl sites for hydroxylation is 1. The lowest BCUT2D eigenvalue weighted by molar-refractivity contribution is 0.107. The molecule has 1 fully saturated rings. The molecule has 0 saturated carbocycles. The molecule has 0 amide bonds. The zero-order valence-electron chi connectivity index (χ0n) is 14.6. The summed E-state index contributed by atoms with van der Waals surface area (Å²) < 4.78 is 7.58. The first-order valence-corrected chi connectivity index (χ1v) is 8.06. The standard InChI is InChI=1S/C16H26N6O/c1-11-18-15(20-19-11)14-6-13(23-5)10-21(14)8-12-7-17-22(9-12)16(2,3)4/h7,9,13-14H,6,8,10H2,1-5H3,(H,18,19,20)/t13-,14+/m1/s1. The third-order valence-corrected chi connectivity index (χ3v) is 4.32. The molecule has 7 heteroatoms. The van der Waals surface area contributed by atoms with Crippen LogP contribution >= 0.6 is 0 Å². The molecule has 7 nitrogen and oxygen atoms in total. The van der Waals surface area contributed by atoms with E-state index in [4.69, 9.17) is 4.74 Å². The minimum atomic E-state index is -0.00140. The zero-order valence-corrected chi connectivity index (χ0v) is 14.6. The average Bonchev–Trinajstić information content (AvgIpc) is 3.17. The summed E-state index contributed by atoms with van der Waals surface area (Å²) in [7, 11) is 1.77. The molecule has 0 bridgehead atoms. The summed E-state index contributed by atoms with van der Waals surface area (Å²) in [5.41, 5.74) is 1.20. The van der Waals surface area contributed by atoms with Gasteiger partial charge in [-0.15, -0.1) is 0 Å². The van der Waals surface area contributed by atoms with Crippen LogP contribution in [0.25, 0.3) is 0 Å². The quantitative estimate of drug-likeness (QED) is 0.934. The summed E-state index contributed by atoms with van der Waals surface area (Å²) in [6.45, 7) is 10.1. The van der Waals surface area contributed by atoms with Crippen molar-refractivity contribution in [2.75, 3.05) is 13.7 Å². The number of likely N-dealkylation sites (tertiary alicyclic amines) is 1. The van der Waals surface area contributed by atoms with E-state index in [1.54, 1.807) is 7.11 Å². The van der Waals surface area contributed by atoms with Crippen LogP contribution < -0.4 is 0 Å². The van der Waals surface area contributed by atoms with Crippen LogP contribution in [-0.4, -0.2) is 49.6 Å². The van der Waals surface area contributed by atoms with Gasteiger partial charge in [-0.3, -0.25) is 14.7 Å². The number of hydrogen-bond acceptors (Lipinski definition) is 5. The maximum atomic E-state index is 5.57. The van der Waals surface area contributed by atoms with Crippen LogP contribution in [0.15, 0.2) is 12.4 Å². The van der Waals surface area contributed by atoms with E-state index < -0.39 is 0 Å². The Bertz CT molecular complexity index is 656. The van der Waals surface area contributed by atoms with Gasteiger partial charge < -0.3 is 4.74 Å². The Morgan fingerprint density at radius 3 is 2.74 bits per heavy atom. The molecule has 3 rings (SSSR count). The first kappa shape index (κ1) is 16.1. The van der Waals surface area contributed by atoms with Gasteiger partial charge >= 0.3 is 0 Å². The highest BCUT2D eigenvalue weighted by Gasteiger charge is 2.35. The molecular formula is C16H26N6O. The highest BCUT2D eigenvalue weighted by molar-refractivity contribution is 5.09. The number of aromatic nitrogens is 5. The predicted molar refractivity (Wildman–Crippen MR) is 86.9 cm³/mol. The van der Waals surface area contributed by atoms with Crippen molar-refractivity contribution >= 4 is 0 Å². The van der Waals surface area contributed by atoms with Crippen molar-refractivity contribution in [2.45, 2.75) is 58.3 Å². The second kappa shape index (κ2) is 6.05. The van der Waals surface area contributed by atoms with Gasteiger partial charge in [-0.25, -0.2) is 4.98 Å². The van der Waals surface area contributed by atoms with Crippen molar-refractivity contribution in [2.24, 2.45) is 0 Å². The Hall–Kier alpha value is -1.73. The Balaban J connectivity index is 1.77. The van der Waals surface area contributed by atoms with Crippen molar-refractivity contribution in [1.82, 2.24) is 29.9 Å². The monoisotopic (exact) mass is 318 g/mol. The molecule has 126 valence electrons. The zero-order chi connectivity index (χ0) is 16.6. The fourth-order valence-corrected chi connectivity index (χ4v) is 3.03. The van der Waals surface area contributed by atoms with Crippen LogP contribution in [0.3, 0.4) is 0 Å². The predicted octanol–water partition coefficient (Wildman–Crippen LogP) is 2.03. The topological polar surface area (TPSA) is 71.9 Å². The lowest BCUT2D eigenvalue weighted by atomic mass is 10.1. The number of hydrogen-bond donors (Lipinski definition) is 1.